The van der Waals surface area contributed by atoms with Gasteiger partial charge in [-0.25, -0.2) is 4.39 Å². The molecule has 1 aromatic heterocycles. The highest BCUT2D eigenvalue weighted by Crippen LogP contribution is 2.29. The topological polar surface area (TPSA) is 72.3 Å². The fourth-order valence-electron chi connectivity index (χ4n) is 3.64. The quantitative estimate of drug-likeness (QED) is 0.492. The number of amides is 1. The lowest BCUT2D eigenvalue weighted by atomic mass is 10.2. The Labute approximate surface area is 197 Å². The van der Waals surface area contributed by atoms with Gasteiger partial charge < -0.3 is 15.0 Å². The van der Waals surface area contributed by atoms with E-state index in [1.165, 1.54) is 23.9 Å². The van der Waals surface area contributed by atoms with Crippen LogP contribution in [0.3, 0.4) is 0 Å². The molecule has 1 amide bonds. The van der Waals surface area contributed by atoms with Gasteiger partial charge in [0.05, 0.1) is 17.9 Å². The maximum absolute atomic E-state index is 13.4. The Morgan fingerprint density at radius 2 is 1.94 bits per heavy atom. The Kier molecular flexibility index (Phi) is 7.29. The van der Waals surface area contributed by atoms with Crippen molar-refractivity contribution in [2.75, 3.05) is 30.9 Å². The van der Waals surface area contributed by atoms with Gasteiger partial charge in [0.15, 0.2) is 11.0 Å². The maximum atomic E-state index is 13.4. The van der Waals surface area contributed by atoms with Crippen LogP contribution in [0.2, 0.25) is 0 Å². The molecular formula is C24H28FN5O2S. The third-order valence-electron chi connectivity index (χ3n) is 5.53. The minimum absolute atomic E-state index is 0.0684. The lowest BCUT2D eigenvalue weighted by Crippen LogP contribution is -2.23. The van der Waals surface area contributed by atoms with Crippen LogP contribution in [0.4, 0.5) is 15.8 Å². The van der Waals surface area contributed by atoms with Crippen molar-refractivity contribution in [1.82, 2.24) is 14.8 Å². The highest BCUT2D eigenvalue weighted by molar-refractivity contribution is 8.00. The fourth-order valence-corrected chi connectivity index (χ4v) is 4.50. The average molecular weight is 470 g/mol. The molecule has 0 aliphatic carbocycles. The normalized spacial score (nSPS) is 16.5. The molecule has 33 heavy (non-hydrogen) atoms. The van der Waals surface area contributed by atoms with E-state index < -0.39 is 5.25 Å². The van der Waals surface area contributed by atoms with Gasteiger partial charge >= 0.3 is 0 Å². The summed E-state index contributed by atoms with van der Waals surface area (Å²) in [6.45, 7) is 3.17. The molecule has 9 heteroatoms. The predicted molar refractivity (Wildman–Crippen MR) is 129 cm³/mol. The fraction of sp³-hybridized carbons (Fsp3) is 0.375. The number of aromatic nitrogens is 3. The van der Waals surface area contributed by atoms with Gasteiger partial charge in [0.2, 0.25) is 5.91 Å². The highest BCUT2D eigenvalue weighted by Gasteiger charge is 2.24. The molecule has 7 nitrogen and oxygen atoms in total. The summed E-state index contributed by atoms with van der Waals surface area (Å²) in [5.74, 6) is 0.218. The number of nitrogens with zero attached hydrogens (tertiary/aromatic N) is 4. The number of benzene rings is 2. The molecule has 2 aromatic carbocycles. The summed E-state index contributed by atoms with van der Waals surface area (Å²) in [7, 11) is 3.94. The zero-order valence-corrected chi connectivity index (χ0v) is 19.8. The second-order valence-electron chi connectivity index (χ2n) is 8.25. The lowest BCUT2D eigenvalue weighted by molar-refractivity contribution is -0.115. The van der Waals surface area contributed by atoms with Crippen molar-refractivity contribution in [3.05, 3.63) is 54.3 Å². The minimum Gasteiger partial charge on any atom is -0.378 e. The molecule has 2 atom stereocenters. The lowest BCUT2D eigenvalue weighted by Gasteiger charge is -2.17. The molecule has 3 aromatic rings. The van der Waals surface area contributed by atoms with E-state index in [9.17, 15) is 9.18 Å². The monoisotopic (exact) mass is 469 g/mol. The first kappa shape index (κ1) is 23.3. The molecule has 1 N–H and O–H groups in total. The van der Waals surface area contributed by atoms with Crippen molar-refractivity contribution < 1.29 is 13.9 Å². The van der Waals surface area contributed by atoms with Crippen molar-refractivity contribution in [2.45, 2.75) is 42.8 Å². The molecular weight excluding hydrogens is 441 g/mol. The SMILES string of the molecule is C[C@@H](Sc1nnc(-c2ccc(F)cc2)n1C[C@@H]1CCCO1)C(=O)Nc1ccc(N(C)C)cc1. The summed E-state index contributed by atoms with van der Waals surface area (Å²) in [4.78, 5) is 14.8. The van der Waals surface area contributed by atoms with Gasteiger partial charge in [-0.05, 0) is 68.3 Å². The summed E-state index contributed by atoms with van der Waals surface area (Å²) in [5, 5.41) is 11.9. The third-order valence-corrected chi connectivity index (χ3v) is 6.61. The van der Waals surface area contributed by atoms with Crippen LogP contribution in [0.1, 0.15) is 19.8 Å². The Morgan fingerprint density at radius 3 is 2.58 bits per heavy atom. The Balaban J connectivity index is 1.50. The summed E-state index contributed by atoms with van der Waals surface area (Å²) in [5.41, 5.74) is 2.57. The van der Waals surface area contributed by atoms with E-state index in [1.807, 2.05) is 54.8 Å². The molecule has 2 heterocycles. The first-order valence-corrected chi connectivity index (χ1v) is 11.8. The molecule has 0 unspecified atom stereocenters. The Hall–Kier alpha value is -2.91. The number of rotatable bonds is 8. The molecule has 1 aliphatic rings. The highest BCUT2D eigenvalue weighted by atomic mass is 32.2. The smallest absolute Gasteiger partial charge is 0.237 e. The van der Waals surface area contributed by atoms with Crippen LogP contribution < -0.4 is 10.2 Å². The van der Waals surface area contributed by atoms with Crippen LogP contribution in [0.25, 0.3) is 11.4 Å². The van der Waals surface area contributed by atoms with Gasteiger partial charge in [-0.2, -0.15) is 0 Å². The minimum atomic E-state index is -0.396. The molecule has 4 rings (SSSR count). The van der Waals surface area contributed by atoms with E-state index in [4.69, 9.17) is 4.74 Å². The van der Waals surface area contributed by atoms with Crippen LogP contribution in [-0.2, 0) is 16.1 Å². The van der Waals surface area contributed by atoms with Gasteiger partial charge in [-0.3, -0.25) is 9.36 Å². The second kappa shape index (κ2) is 10.4. The number of thioether (sulfide) groups is 1. The van der Waals surface area contributed by atoms with Crippen molar-refractivity contribution in [1.29, 1.82) is 0 Å². The van der Waals surface area contributed by atoms with Crippen LogP contribution in [0.5, 0.6) is 0 Å². The van der Waals surface area contributed by atoms with E-state index in [-0.39, 0.29) is 17.8 Å². The zero-order valence-electron chi connectivity index (χ0n) is 19.0. The largest absolute Gasteiger partial charge is 0.378 e. The van der Waals surface area contributed by atoms with Crippen molar-refractivity contribution in [2.24, 2.45) is 0 Å². The van der Waals surface area contributed by atoms with Crippen LogP contribution >= 0.6 is 11.8 Å². The van der Waals surface area contributed by atoms with Crippen molar-refractivity contribution in [3.63, 3.8) is 0 Å². The number of hydrogen-bond donors (Lipinski definition) is 1. The number of nitrogens with one attached hydrogen (secondary N) is 1. The summed E-state index contributed by atoms with van der Waals surface area (Å²) < 4.78 is 21.2. The van der Waals surface area contributed by atoms with Crippen molar-refractivity contribution >= 4 is 29.0 Å². The predicted octanol–water partition coefficient (Wildman–Crippen LogP) is 4.45. The summed E-state index contributed by atoms with van der Waals surface area (Å²) in [6.07, 6.45) is 2.05. The van der Waals surface area contributed by atoms with Crippen LogP contribution in [-0.4, -0.2) is 52.7 Å². The molecule has 0 saturated carbocycles. The first-order chi connectivity index (χ1) is 15.9. The molecule has 1 fully saturated rings. The standard InChI is InChI=1S/C24H28FN5O2S/c1-16(23(31)26-19-10-12-20(13-11-19)29(2)3)33-24-28-27-22(17-6-8-18(25)9-7-17)30(24)15-21-5-4-14-32-21/h6-13,16,21H,4-5,14-15H2,1-3H3,(H,26,31)/t16-,21+/m1/s1. The third kappa shape index (κ3) is 5.72. The van der Waals surface area contributed by atoms with Gasteiger partial charge in [0.1, 0.15) is 5.82 Å². The van der Waals surface area contributed by atoms with E-state index >= 15 is 0 Å². The maximum Gasteiger partial charge on any atom is 0.237 e. The zero-order chi connectivity index (χ0) is 23.4. The van der Waals surface area contributed by atoms with E-state index in [2.05, 4.69) is 15.5 Å². The molecule has 1 saturated heterocycles. The van der Waals surface area contributed by atoms with Gasteiger partial charge in [-0.1, -0.05) is 11.8 Å². The number of hydrogen-bond acceptors (Lipinski definition) is 6. The molecule has 1 aliphatic heterocycles. The van der Waals surface area contributed by atoms with E-state index in [0.29, 0.717) is 17.5 Å². The number of halogens is 1. The van der Waals surface area contributed by atoms with E-state index in [0.717, 1.165) is 36.4 Å². The first-order valence-electron chi connectivity index (χ1n) is 11.0. The second-order valence-corrected chi connectivity index (χ2v) is 9.56. The van der Waals surface area contributed by atoms with Crippen LogP contribution in [0.15, 0.2) is 53.7 Å². The molecule has 0 radical (unpaired) electrons. The summed E-state index contributed by atoms with van der Waals surface area (Å²) in [6, 6.07) is 13.9. The molecule has 0 spiro atoms. The van der Waals surface area contributed by atoms with Gasteiger partial charge in [0, 0.05) is 37.6 Å². The van der Waals surface area contributed by atoms with Crippen molar-refractivity contribution in [3.8, 4) is 11.4 Å². The average Bonchev–Trinajstić information content (AvgIpc) is 3.45. The van der Waals surface area contributed by atoms with E-state index in [1.54, 1.807) is 12.1 Å². The number of carbonyl (C=O) groups excluding carboxylic acids is 1. The van der Waals surface area contributed by atoms with Crippen LogP contribution in [0, 0.1) is 5.82 Å². The molecule has 174 valence electrons. The van der Waals surface area contributed by atoms with Gasteiger partial charge in [0.25, 0.3) is 0 Å². The number of carbonyl (C=O) groups is 1. The summed E-state index contributed by atoms with van der Waals surface area (Å²) >= 11 is 1.35. The molecule has 0 bridgehead atoms. The number of anilines is 2. The Morgan fingerprint density at radius 1 is 1.21 bits per heavy atom. The number of ether oxygens (including phenoxy) is 1. The Bertz CT molecular complexity index is 1080. The van der Waals surface area contributed by atoms with Gasteiger partial charge in [-0.15, -0.1) is 10.2 Å².